The molecule has 0 radical (unpaired) electrons. The SMILES string of the molecule is C=C(C)C(=O)OCCN1C(=O)C(=C/C=c2\c(=C)c3ccccc3n2CCN2C(=O)/C(=C\C=C3\N(C)c4ccccc4C3(C)C)C(=O)N(CCCN3C(=O)/C(=C\C=C4\N(C)c5ccccc5C4(C)C)C(=O)N(CCn4/c(=C/C=C5C(=O)N(CCOC(=O)C(=C)C)C(=O)N(CCOC(=O)C(=C)C)C5=O)c(=C)c5ccccc54)C3=O)C2=O)C(=O)N(CCOC(=O)C(=C)C)C1=O. The number of esters is 4. The highest BCUT2D eigenvalue weighted by atomic mass is 16.5. The molecule has 0 bridgehead atoms. The molecule has 0 saturated carbocycles. The Kier molecular flexibility index (Phi) is 26.5. The molecule has 4 fully saturated rings. The zero-order valence-corrected chi connectivity index (χ0v) is 72.2. The van der Waals surface area contributed by atoms with Gasteiger partial charge < -0.3 is 37.9 Å². The Morgan fingerprint density at radius 1 is 0.323 bits per heavy atom. The quantitative estimate of drug-likeness (QED) is 0.0189. The molecule has 0 aliphatic carbocycles. The molecule has 127 heavy (non-hydrogen) atoms. The standard InChI is InChI=1S/C95H96N12O20/c1-56(2)86(116)124-52-48-104-82(112)64(83(113)105(92(104)122)49-53-125-87(117)57(3)4)34-38-70-60(9)62-26-17-21-30-72(62)98(70)44-46-102-80(110)66(36-40-76-94(11,12)68-28-19-23-32-74(68)96(76)15)78(108)100(90(102)120)42-25-43-101-79(109)67(37-41-77-95(13,14)69-29-20-24-33-75(69)97(77)16)81(111)103(91(101)121)47-45-99-71(61(10)63-27-18-22-31-73(63)99)39-35-65-84(114)106(50-54-126-88(118)58(5)6)93(123)107(85(65)115)51-55-127-89(119)59(7)8/h17-24,26-41H,1,3,5,7,9-10,25,42-55H2,2,4,6,8,11-16H3/b66-36-,67-37+,70-38+,71-39+,76-40+,77-41+. The molecule has 4 aromatic carbocycles. The third-order valence-corrected chi connectivity index (χ3v) is 22.8. The molecule has 32 nitrogen and oxygen atoms in total. The number of nitrogens with zero attached hydrogens (tertiary/aromatic N) is 12. The van der Waals surface area contributed by atoms with Gasteiger partial charge in [-0.2, -0.15) is 0 Å². The van der Waals surface area contributed by atoms with Crippen molar-refractivity contribution < 1.29 is 95.7 Å². The van der Waals surface area contributed by atoms with Crippen molar-refractivity contribution >= 4 is 154 Å². The fraction of sp³-hybridized carbons (Fsp3) is 0.284. The highest BCUT2D eigenvalue weighted by Gasteiger charge is 2.48. The van der Waals surface area contributed by atoms with Crippen molar-refractivity contribution in [2.45, 2.75) is 85.7 Å². The van der Waals surface area contributed by atoms with Crippen molar-refractivity contribution in [2.75, 3.05) is 103 Å². The molecule has 0 N–H and O–H groups in total. The van der Waals surface area contributed by atoms with Gasteiger partial charge in [0.25, 0.3) is 47.3 Å². The third-order valence-electron chi connectivity index (χ3n) is 22.8. The molecular weight excluding hydrogens is 1630 g/mol. The monoisotopic (exact) mass is 1720 g/mol. The van der Waals surface area contributed by atoms with E-state index in [2.05, 4.69) is 39.5 Å². The van der Waals surface area contributed by atoms with Crippen molar-refractivity contribution in [3.8, 4) is 0 Å². The molecular formula is C95H96N12O20. The van der Waals surface area contributed by atoms with Crippen LogP contribution in [0.3, 0.4) is 0 Å². The number of hydrogen-bond donors (Lipinski definition) is 0. The minimum Gasteiger partial charge on any atom is -0.460 e. The molecule has 2 aromatic heterocycles. The summed E-state index contributed by atoms with van der Waals surface area (Å²) < 4.78 is 24.2. The number of fused-ring (bicyclic) bond motifs is 4. The minimum absolute atomic E-state index is 0.0375. The van der Waals surface area contributed by atoms with E-state index in [-0.39, 0.29) is 52.5 Å². The van der Waals surface area contributed by atoms with Crippen LogP contribution in [0.2, 0.25) is 0 Å². The number of allylic oxidation sites excluding steroid dienone is 8. The van der Waals surface area contributed by atoms with Gasteiger partial charge in [-0.15, -0.1) is 0 Å². The van der Waals surface area contributed by atoms with Crippen LogP contribution >= 0.6 is 0 Å². The molecule has 16 amide bonds. The summed E-state index contributed by atoms with van der Waals surface area (Å²) in [5.74, 6) is -11.6. The first-order valence-electron chi connectivity index (χ1n) is 40.7. The second-order valence-electron chi connectivity index (χ2n) is 32.0. The van der Waals surface area contributed by atoms with Crippen molar-refractivity contribution in [1.29, 1.82) is 0 Å². The molecule has 4 saturated heterocycles. The Morgan fingerprint density at radius 2 is 0.567 bits per heavy atom. The number of hydrogen-bond acceptors (Lipinski definition) is 22. The van der Waals surface area contributed by atoms with Crippen LogP contribution < -0.4 is 30.9 Å². The van der Waals surface area contributed by atoms with E-state index in [1.165, 1.54) is 52.0 Å². The summed E-state index contributed by atoms with van der Waals surface area (Å²) in [7, 11) is 3.67. The molecule has 0 unspecified atom stereocenters. The number of para-hydroxylation sites is 4. The number of anilines is 2. The van der Waals surface area contributed by atoms with Crippen molar-refractivity contribution in [1.82, 2.24) is 48.3 Å². The molecule has 6 aromatic rings. The Morgan fingerprint density at radius 3 is 0.843 bits per heavy atom. The summed E-state index contributed by atoms with van der Waals surface area (Å²) >= 11 is 0. The van der Waals surface area contributed by atoms with Crippen molar-refractivity contribution in [2.24, 2.45) is 0 Å². The van der Waals surface area contributed by atoms with E-state index in [4.69, 9.17) is 18.9 Å². The van der Waals surface area contributed by atoms with E-state index in [0.717, 1.165) is 54.3 Å². The number of carbonyl (C=O) groups is 16. The van der Waals surface area contributed by atoms with E-state index >= 15 is 28.8 Å². The number of imide groups is 8. The molecule has 8 heterocycles. The lowest BCUT2D eigenvalue weighted by molar-refractivity contribution is -0.144. The Bertz CT molecular complexity index is 5830. The van der Waals surface area contributed by atoms with Crippen molar-refractivity contribution in [3.63, 3.8) is 0 Å². The van der Waals surface area contributed by atoms with Crippen LogP contribution in [0.25, 0.3) is 47.1 Å². The third kappa shape index (κ3) is 17.6. The van der Waals surface area contributed by atoms with Gasteiger partial charge in [0.1, 0.15) is 48.7 Å². The fourth-order valence-electron chi connectivity index (χ4n) is 16.1. The average molecular weight is 1730 g/mol. The molecule has 6 aliphatic rings. The van der Waals surface area contributed by atoms with Crippen LogP contribution in [0.4, 0.5) is 30.6 Å². The number of likely N-dealkylation sites (N-methyl/N-ethyl adjacent to an activating group) is 2. The second kappa shape index (κ2) is 37.1. The normalized spacial score (nSPS) is 18.1. The smallest absolute Gasteiger partial charge is 0.334 e. The number of ether oxygens (including phenoxy) is 4. The Hall–Kier alpha value is -15.2. The van der Waals surface area contributed by atoms with Gasteiger partial charge >= 0.3 is 48.0 Å². The summed E-state index contributed by atoms with van der Waals surface area (Å²) in [6.45, 7) is 29.9. The first-order valence-corrected chi connectivity index (χ1v) is 40.7. The Labute approximate surface area is 730 Å². The maximum absolute atomic E-state index is 15.5. The summed E-state index contributed by atoms with van der Waals surface area (Å²) in [4.78, 5) is 238. The number of barbiturate groups is 4. The van der Waals surface area contributed by atoms with Gasteiger partial charge in [-0.05, 0) is 118 Å². The molecule has 32 heteroatoms. The Balaban J connectivity index is 0.892. The molecule has 656 valence electrons. The lowest BCUT2D eigenvalue weighted by Crippen LogP contribution is -2.59. The van der Waals surface area contributed by atoms with Gasteiger partial charge in [-0.3, -0.25) is 77.6 Å². The van der Waals surface area contributed by atoms with Gasteiger partial charge in [0.05, 0.1) is 26.2 Å². The average Bonchev–Trinajstić information content (AvgIpc) is 1.61. The predicted octanol–water partition coefficient (Wildman–Crippen LogP) is 7.04. The highest BCUT2D eigenvalue weighted by Crippen LogP contribution is 2.48. The van der Waals surface area contributed by atoms with Gasteiger partial charge in [-0.25, -0.2) is 38.4 Å². The van der Waals surface area contributed by atoms with E-state index < -0.39 is 207 Å². The van der Waals surface area contributed by atoms with Gasteiger partial charge in [-0.1, -0.05) is 140 Å². The lowest BCUT2D eigenvalue weighted by atomic mass is 9.83. The van der Waals surface area contributed by atoms with E-state index in [0.29, 0.717) is 63.2 Å². The maximum atomic E-state index is 15.5. The van der Waals surface area contributed by atoms with Crippen LogP contribution in [-0.2, 0) is 100 Å². The summed E-state index contributed by atoms with van der Waals surface area (Å²) in [6, 6.07) is 24.8. The van der Waals surface area contributed by atoms with Crippen LogP contribution in [0.5, 0.6) is 0 Å². The second-order valence-corrected chi connectivity index (χ2v) is 32.0. The summed E-state index contributed by atoms with van der Waals surface area (Å²) in [6.07, 6.45) is 10.7. The largest absolute Gasteiger partial charge is 0.460 e. The lowest BCUT2D eigenvalue weighted by Gasteiger charge is -2.36. The van der Waals surface area contributed by atoms with E-state index in [9.17, 15) is 47.9 Å². The summed E-state index contributed by atoms with van der Waals surface area (Å²) in [5, 5.41) is 2.30. The van der Waals surface area contributed by atoms with Gasteiger partial charge in [0, 0.05) is 152 Å². The van der Waals surface area contributed by atoms with Crippen molar-refractivity contribution in [3.05, 3.63) is 248 Å². The highest BCUT2D eigenvalue weighted by molar-refractivity contribution is 6.32. The number of aromatic nitrogens is 2. The number of carbonyl (C=O) groups excluding carboxylic acids is 16. The zero-order valence-electron chi connectivity index (χ0n) is 72.2. The predicted molar refractivity (Wildman–Crippen MR) is 470 cm³/mol. The topological polar surface area (TPSA) is 352 Å². The van der Waals surface area contributed by atoms with Gasteiger partial charge in [0.15, 0.2) is 0 Å². The first kappa shape index (κ1) is 91.0. The zero-order chi connectivity index (χ0) is 92.3. The minimum atomic E-state index is -1.10. The fourth-order valence-corrected chi connectivity index (χ4v) is 16.1. The maximum Gasteiger partial charge on any atom is 0.334 e. The number of benzene rings is 4. The first-order chi connectivity index (χ1) is 60.2. The van der Waals surface area contributed by atoms with Gasteiger partial charge in [0.2, 0.25) is 0 Å². The molecule has 12 rings (SSSR count). The molecule has 0 atom stereocenters. The van der Waals surface area contributed by atoms with E-state index in [1.807, 2.05) is 100 Å². The van der Waals surface area contributed by atoms with Crippen LogP contribution in [-0.4, -0.2) is 236 Å². The van der Waals surface area contributed by atoms with Crippen LogP contribution in [0.15, 0.2) is 216 Å². The molecule has 6 aliphatic heterocycles. The summed E-state index contributed by atoms with van der Waals surface area (Å²) in [5.41, 5.74) is 2.74. The van der Waals surface area contributed by atoms with Crippen LogP contribution in [0, 0.1) is 0 Å². The van der Waals surface area contributed by atoms with E-state index in [1.54, 1.807) is 69.8 Å². The molecule has 0 spiro atoms. The number of rotatable bonds is 30. The number of urea groups is 4. The van der Waals surface area contributed by atoms with Crippen LogP contribution in [0.1, 0.15) is 72.9 Å². The number of amides is 16.